The van der Waals surface area contributed by atoms with Crippen LogP contribution in [0.15, 0.2) is 87.8 Å². The van der Waals surface area contributed by atoms with Gasteiger partial charge in [-0.15, -0.1) is 0 Å². The van der Waals surface area contributed by atoms with E-state index in [0.29, 0.717) is 5.69 Å². The molecule has 0 aliphatic carbocycles. The van der Waals surface area contributed by atoms with Crippen molar-refractivity contribution in [2.75, 3.05) is 0 Å². The minimum Gasteiger partial charge on any atom is -0.211 e. The maximum Gasteiger partial charge on any atom is 0.418 e. The van der Waals surface area contributed by atoms with Crippen LogP contribution in [0.4, 0.5) is 43.4 Å². The molecule has 6 nitrogen and oxygen atoms in total. The van der Waals surface area contributed by atoms with E-state index in [4.69, 9.17) is 0 Å². The van der Waals surface area contributed by atoms with Crippen LogP contribution in [0.2, 0.25) is 0 Å². The number of alkyl halides is 6. The van der Waals surface area contributed by atoms with Crippen LogP contribution in [0, 0.1) is 6.92 Å². The fraction of sp³-hybridized carbons (Fsp3) is 0.125. The first kappa shape index (κ1) is 29.4. The number of hydrogen-bond acceptors (Lipinski definition) is 6. The van der Waals surface area contributed by atoms with Crippen LogP contribution in [-0.4, -0.2) is 18.2 Å². The van der Waals surface area contributed by atoms with E-state index in [1.807, 2.05) is 19.1 Å². The molecule has 3 aromatic carbocycles. The number of halogens is 6. The minimum absolute atomic E-state index is 0.0511. The molecule has 0 radical (unpaired) electrons. The molecule has 0 bridgehead atoms. The van der Waals surface area contributed by atoms with Crippen LogP contribution in [0.5, 0.6) is 0 Å². The van der Waals surface area contributed by atoms with Gasteiger partial charge in [0.25, 0.3) is 0 Å². The maximum atomic E-state index is 12.2. The lowest BCUT2D eigenvalue weighted by Gasteiger charge is -2.07. The summed E-state index contributed by atoms with van der Waals surface area (Å²) in [4.78, 5) is 38.8. The lowest BCUT2D eigenvalue weighted by Crippen LogP contribution is -2.04. The van der Waals surface area contributed by atoms with Gasteiger partial charge in [-0.05, 0) is 49.4 Å². The van der Waals surface area contributed by atoms with E-state index in [2.05, 4.69) is 15.0 Å². The van der Waals surface area contributed by atoms with E-state index in [1.54, 1.807) is 12.1 Å². The third kappa shape index (κ3) is 10.5. The lowest BCUT2D eigenvalue weighted by atomic mass is 10.2. The molecule has 36 heavy (non-hydrogen) atoms. The molecule has 0 aliphatic heterocycles. The zero-order chi connectivity index (χ0) is 27.2. The summed E-state index contributed by atoms with van der Waals surface area (Å²) in [5, 5.41) is 0. The molecular formula is C24H15F6N3O3. The largest absolute Gasteiger partial charge is 0.418 e. The molecule has 0 saturated carbocycles. The molecular weight excluding hydrogens is 492 g/mol. The van der Waals surface area contributed by atoms with Crippen molar-refractivity contribution in [3.63, 3.8) is 0 Å². The van der Waals surface area contributed by atoms with Crippen molar-refractivity contribution >= 4 is 35.3 Å². The van der Waals surface area contributed by atoms with Gasteiger partial charge in [-0.25, -0.2) is 14.4 Å². The van der Waals surface area contributed by atoms with Crippen LogP contribution in [0.3, 0.4) is 0 Å². The number of aryl methyl sites for hydroxylation is 1. The van der Waals surface area contributed by atoms with Gasteiger partial charge < -0.3 is 0 Å². The van der Waals surface area contributed by atoms with Crippen LogP contribution in [0.1, 0.15) is 16.7 Å². The van der Waals surface area contributed by atoms with E-state index >= 15 is 0 Å². The first-order chi connectivity index (χ1) is 16.9. The number of aliphatic imine (C=N–C) groups is 3. The summed E-state index contributed by atoms with van der Waals surface area (Å²) in [6.07, 6.45) is -5.18. The van der Waals surface area contributed by atoms with Gasteiger partial charge in [0.15, 0.2) is 0 Å². The Kier molecular flexibility index (Phi) is 11.4. The van der Waals surface area contributed by atoms with Crippen LogP contribution >= 0.6 is 0 Å². The Labute approximate surface area is 200 Å². The number of para-hydroxylation sites is 1. The van der Waals surface area contributed by atoms with Crippen molar-refractivity contribution in [2.45, 2.75) is 19.3 Å². The molecule has 12 heteroatoms. The van der Waals surface area contributed by atoms with Crippen molar-refractivity contribution < 1.29 is 40.7 Å². The normalized spacial score (nSPS) is 10.1. The van der Waals surface area contributed by atoms with Crippen molar-refractivity contribution in [3.05, 3.63) is 89.5 Å². The Bertz CT molecular complexity index is 1290. The Morgan fingerprint density at radius 1 is 0.611 bits per heavy atom. The SMILES string of the molecule is Cc1ccc(N=C=O)cc1.O=C=Nc1cccc(C(F)(F)F)c1.O=C=Nc1ccccc1C(F)(F)F. The number of benzene rings is 3. The van der Waals surface area contributed by atoms with Crippen LogP contribution in [0.25, 0.3) is 0 Å². The summed E-state index contributed by atoms with van der Waals surface area (Å²) < 4.78 is 72.7. The molecule has 0 spiro atoms. The molecule has 186 valence electrons. The highest BCUT2D eigenvalue weighted by Crippen LogP contribution is 2.35. The van der Waals surface area contributed by atoms with Gasteiger partial charge in [-0.2, -0.15) is 41.3 Å². The monoisotopic (exact) mass is 507 g/mol. The second kappa shape index (κ2) is 13.9. The average Bonchev–Trinajstić information content (AvgIpc) is 2.81. The van der Waals surface area contributed by atoms with Crippen molar-refractivity contribution in [1.29, 1.82) is 0 Å². The van der Waals surface area contributed by atoms with Crippen molar-refractivity contribution in [1.82, 2.24) is 0 Å². The first-order valence-electron chi connectivity index (χ1n) is 9.56. The Morgan fingerprint density at radius 2 is 1.17 bits per heavy atom. The third-order valence-electron chi connectivity index (χ3n) is 3.93. The smallest absolute Gasteiger partial charge is 0.211 e. The highest BCUT2D eigenvalue weighted by molar-refractivity contribution is 5.54. The topological polar surface area (TPSA) is 88.3 Å². The van der Waals surface area contributed by atoms with Gasteiger partial charge in [0, 0.05) is 0 Å². The van der Waals surface area contributed by atoms with Crippen molar-refractivity contribution in [3.8, 4) is 0 Å². The summed E-state index contributed by atoms with van der Waals surface area (Å²) in [6.45, 7) is 1.98. The third-order valence-corrected chi connectivity index (χ3v) is 3.93. The van der Waals surface area contributed by atoms with E-state index < -0.39 is 29.2 Å². The van der Waals surface area contributed by atoms with Gasteiger partial charge in [-0.3, -0.25) is 0 Å². The molecule has 0 saturated heterocycles. The molecule has 0 aliphatic rings. The second-order valence-electron chi connectivity index (χ2n) is 6.51. The summed E-state index contributed by atoms with van der Waals surface area (Å²) in [6, 6.07) is 16.1. The molecule has 0 N–H and O–H groups in total. The highest BCUT2D eigenvalue weighted by atomic mass is 19.4. The van der Waals surface area contributed by atoms with Crippen LogP contribution in [-0.2, 0) is 26.7 Å². The fourth-order valence-electron chi connectivity index (χ4n) is 2.34. The number of carbonyl (C=O) groups excluding carboxylic acids is 3. The molecule has 3 aromatic rings. The molecule has 0 unspecified atom stereocenters. The predicted molar refractivity (Wildman–Crippen MR) is 117 cm³/mol. The summed E-state index contributed by atoms with van der Waals surface area (Å²) in [5.41, 5.74) is -0.414. The predicted octanol–water partition coefficient (Wildman–Crippen LogP) is 7.31. The quantitative estimate of drug-likeness (QED) is 0.212. The number of isocyanates is 3. The fourth-order valence-corrected chi connectivity index (χ4v) is 2.34. The van der Waals surface area contributed by atoms with Gasteiger partial charge >= 0.3 is 12.4 Å². The van der Waals surface area contributed by atoms with Gasteiger partial charge in [-0.1, -0.05) is 35.9 Å². The summed E-state index contributed by atoms with van der Waals surface area (Å²) >= 11 is 0. The molecule has 0 amide bonds. The Hall–Kier alpha value is -4.62. The summed E-state index contributed by atoms with van der Waals surface area (Å²) in [5.74, 6) is 0. The number of nitrogens with zero attached hydrogens (tertiary/aromatic N) is 3. The van der Waals surface area contributed by atoms with Gasteiger partial charge in [0.05, 0.1) is 28.2 Å². The molecule has 3 rings (SSSR count). The van der Waals surface area contributed by atoms with Crippen LogP contribution < -0.4 is 0 Å². The van der Waals surface area contributed by atoms with Gasteiger partial charge in [0.1, 0.15) is 0 Å². The average molecular weight is 507 g/mol. The lowest BCUT2D eigenvalue weighted by molar-refractivity contribution is -0.138. The van der Waals surface area contributed by atoms with Crippen molar-refractivity contribution in [2.24, 2.45) is 15.0 Å². The van der Waals surface area contributed by atoms with Gasteiger partial charge in [0.2, 0.25) is 18.2 Å². The zero-order valence-electron chi connectivity index (χ0n) is 18.3. The highest BCUT2D eigenvalue weighted by Gasteiger charge is 2.33. The minimum atomic E-state index is -4.49. The second-order valence-corrected chi connectivity index (χ2v) is 6.51. The van der Waals surface area contributed by atoms with E-state index in [9.17, 15) is 40.7 Å². The van der Waals surface area contributed by atoms with E-state index in [1.165, 1.54) is 36.4 Å². The van der Waals surface area contributed by atoms with E-state index in [0.717, 1.165) is 35.9 Å². The molecule has 0 fully saturated rings. The molecule has 0 atom stereocenters. The standard InChI is InChI=1S/2C8H4F3NO.C8H7NO/c9-8(10,11)6-2-1-3-7(4-6)12-5-13;9-8(10,11)6-3-1-2-4-7(6)12-5-13;1-7-2-4-8(5-3-7)9-6-10/h2*1-4H;2-5H,1H3. The summed E-state index contributed by atoms with van der Waals surface area (Å²) in [7, 11) is 0. The molecule has 0 aromatic heterocycles. The Morgan fingerprint density at radius 3 is 1.69 bits per heavy atom. The maximum absolute atomic E-state index is 12.2. The first-order valence-corrected chi connectivity index (χ1v) is 9.56. The Balaban J connectivity index is 0.000000273. The molecule has 0 heterocycles. The number of hydrogen-bond donors (Lipinski definition) is 0. The zero-order valence-corrected chi connectivity index (χ0v) is 18.3. The van der Waals surface area contributed by atoms with E-state index in [-0.39, 0.29) is 5.69 Å². The number of rotatable bonds is 3.